The van der Waals surface area contributed by atoms with Crippen LogP contribution in [0.4, 0.5) is 0 Å². The summed E-state index contributed by atoms with van der Waals surface area (Å²) in [4.78, 5) is 0. The number of allylic oxidation sites excluding steroid dienone is 1. The maximum Gasteiger partial charge on any atom is 0.130 e. The number of azo groups is 1. The van der Waals surface area contributed by atoms with Crippen molar-refractivity contribution in [2.24, 2.45) is 10.2 Å². The molecule has 82 valence electrons. The Morgan fingerprint density at radius 3 is 2.75 bits per heavy atom. The van der Waals surface area contributed by atoms with Gasteiger partial charge in [-0.25, -0.2) is 0 Å². The van der Waals surface area contributed by atoms with E-state index in [1.54, 1.807) is 0 Å². The maximum atomic E-state index is 4.59. The van der Waals surface area contributed by atoms with Crippen LogP contribution in [0.15, 0.2) is 51.8 Å². The molecule has 1 unspecified atom stereocenters. The van der Waals surface area contributed by atoms with E-state index in [1.165, 1.54) is 24.0 Å². The molecule has 1 heterocycles. The highest BCUT2D eigenvalue weighted by molar-refractivity contribution is 5.40. The SMILES string of the molecule is CC1=C2CCCCC2(c2ccccc2)N=N1. The van der Waals surface area contributed by atoms with Crippen LogP contribution in [0.3, 0.4) is 0 Å². The third kappa shape index (κ3) is 1.26. The van der Waals surface area contributed by atoms with E-state index in [0.29, 0.717) is 0 Å². The van der Waals surface area contributed by atoms with Gasteiger partial charge in [0.2, 0.25) is 0 Å². The third-order valence-electron chi connectivity index (χ3n) is 3.77. The van der Waals surface area contributed by atoms with Gasteiger partial charge in [-0.15, -0.1) is 0 Å². The van der Waals surface area contributed by atoms with Gasteiger partial charge < -0.3 is 0 Å². The number of rotatable bonds is 1. The Hall–Kier alpha value is -1.44. The Morgan fingerprint density at radius 1 is 1.12 bits per heavy atom. The van der Waals surface area contributed by atoms with Crippen LogP contribution in [0.5, 0.6) is 0 Å². The molecule has 0 aromatic heterocycles. The fraction of sp³-hybridized carbons (Fsp3) is 0.429. The molecule has 3 rings (SSSR count). The number of nitrogens with zero attached hydrogens (tertiary/aromatic N) is 2. The van der Waals surface area contributed by atoms with Crippen LogP contribution >= 0.6 is 0 Å². The van der Waals surface area contributed by atoms with E-state index >= 15 is 0 Å². The minimum Gasteiger partial charge on any atom is -0.173 e. The van der Waals surface area contributed by atoms with E-state index in [9.17, 15) is 0 Å². The third-order valence-corrected chi connectivity index (χ3v) is 3.77. The van der Waals surface area contributed by atoms with Crippen molar-refractivity contribution in [3.05, 3.63) is 47.2 Å². The lowest BCUT2D eigenvalue weighted by atomic mass is 9.73. The molecule has 2 aliphatic rings. The second-order valence-electron chi connectivity index (χ2n) is 4.70. The highest BCUT2D eigenvalue weighted by Crippen LogP contribution is 2.49. The summed E-state index contributed by atoms with van der Waals surface area (Å²) in [6, 6.07) is 10.6. The molecule has 1 atom stereocenters. The molecule has 0 saturated heterocycles. The van der Waals surface area contributed by atoms with Crippen molar-refractivity contribution in [1.29, 1.82) is 0 Å². The predicted molar refractivity (Wildman–Crippen MR) is 64.1 cm³/mol. The first-order chi connectivity index (χ1) is 7.83. The Bertz CT molecular complexity index is 459. The average molecular weight is 212 g/mol. The summed E-state index contributed by atoms with van der Waals surface area (Å²) in [7, 11) is 0. The average Bonchev–Trinajstić information content (AvgIpc) is 2.70. The minimum absolute atomic E-state index is 0.108. The molecule has 1 aliphatic carbocycles. The number of fused-ring (bicyclic) bond motifs is 1. The van der Waals surface area contributed by atoms with Crippen LogP contribution in [-0.4, -0.2) is 0 Å². The lowest BCUT2D eigenvalue weighted by Crippen LogP contribution is -2.27. The molecule has 0 spiro atoms. The molecule has 1 aromatic carbocycles. The van der Waals surface area contributed by atoms with Gasteiger partial charge in [0.05, 0.1) is 5.70 Å². The summed E-state index contributed by atoms with van der Waals surface area (Å²) in [6.45, 7) is 2.09. The molecule has 0 bridgehead atoms. The highest BCUT2D eigenvalue weighted by atomic mass is 15.2. The van der Waals surface area contributed by atoms with E-state index in [4.69, 9.17) is 0 Å². The van der Waals surface area contributed by atoms with Crippen molar-refractivity contribution in [3.8, 4) is 0 Å². The summed E-state index contributed by atoms with van der Waals surface area (Å²) in [5.41, 5.74) is 3.79. The Labute approximate surface area is 96.1 Å². The van der Waals surface area contributed by atoms with Crippen molar-refractivity contribution in [1.82, 2.24) is 0 Å². The van der Waals surface area contributed by atoms with Gasteiger partial charge in [-0.05, 0) is 43.7 Å². The Balaban J connectivity index is 2.13. The van der Waals surface area contributed by atoms with Crippen LogP contribution in [0, 0.1) is 0 Å². The van der Waals surface area contributed by atoms with Crippen LogP contribution in [0.1, 0.15) is 38.2 Å². The van der Waals surface area contributed by atoms with Crippen LogP contribution < -0.4 is 0 Å². The number of hydrogen-bond acceptors (Lipinski definition) is 2. The molecule has 16 heavy (non-hydrogen) atoms. The van der Waals surface area contributed by atoms with Gasteiger partial charge in [0.15, 0.2) is 0 Å². The van der Waals surface area contributed by atoms with Crippen molar-refractivity contribution >= 4 is 0 Å². The zero-order valence-electron chi connectivity index (χ0n) is 9.61. The monoisotopic (exact) mass is 212 g/mol. The van der Waals surface area contributed by atoms with E-state index in [-0.39, 0.29) is 5.54 Å². The number of hydrogen-bond donors (Lipinski definition) is 0. The smallest absolute Gasteiger partial charge is 0.130 e. The molecule has 0 amide bonds. The molecule has 2 nitrogen and oxygen atoms in total. The Morgan fingerprint density at radius 2 is 1.94 bits per heavy atom. The van der Waals surface area contributed by atoms with E-state index in [1.807, 2.05) is 0 Å². The van der Waals surface area contributed by atoms with Gasteiger partial charge in [-0.3, -0.25) is 0 Å². The summed E-state index contributed by atoms with van der Waals surface area (Å²) >= 11 is 0. The first-order valence-corrected chi connectivity index (χ1v) is 6.02. The van der Waals surface area contributed by atoms with Crippen molar-refractivity contribution in [2.45, 2.75) is 38.1 Å². The summed E-state index contributed by atoms with van der Waals surface area (Å²) in [6.07, 6.45) is 4.82. The van der Waals surface area contributed by atoms with Gasteiger partial charge in [0, 0.05) is 0 Å². The minimum atomic E-state index is -0.108. The van der Waals surface area contributed by atoms with Gasteiger partial charge >= 0.3 is 0 Å². The predicted octanol–water partition coefficient (Wildman–Crippen LogP) is 4.20. The first-order valence-electron chi connectivity index (χ1n) is 6.02. The lowest BCUT2D eigenvalue weighted by molar-refractivity contribution is 0.397. The standard InChI is InChI=1S/C14H16N2/c1-11-13-9-5-6-10-14(13,16-15-11)12-7-3-2-4-8-12/h2-4,7-8H,5-6,9-10H2,1H3. The first kappa shape index (κ1) is 9.76. The molecule has 1 aromatic rings. The van der Waals surface area contributed by atoms with Crippen molar-refractivity contribution < 1.29 is 0 Å². The molecular formula is C14H16N2. The zero-order chi connectivity index (χ0) is 11.0. The normalized spacial score (nSPS) is 28.3. The second-order valence-corrected chi connectivity index (χ2v) is 4.70. The Kier molecular flexibility index (Phi) is 2.16. The summed E-state index contributed by atoms with van der Waals surface area (Å²) < 4.78 is 0. The zero-order valence-corrected chi connectivity index (χ0v) is 9.61. The van der Waals surface area contributed by atoms with Gasteiger partial charge in [-0.1, -0.05) is 30.3 Å². The topological polar surface area (TPSA) is 24.7 Å². The van der Waals surface area contributed by atoms with E-state index in [0.717, 1.165) is 18.5 Å². The number of benzene rings is 1. The van der Waals surface area contributed by atoms with Gasteiger partial charge in [0.25, 0.3) is 0 Å². The lowest BCUT2D eigenvalue weighted by Gasteiger charge is -2.33. The van der Waals surface area contributed by atoms with Crippen LogP contribution in [0.2, 0.25) is 0 Å². The fourth-order valence-electron chi connectivity index (χ4n) is 2.94. The highest BCUT2D eigenvalue weighted by Gasteiger charge is 2.42. The molecule has 2 heteroatoms. The van der Waals surface area contributed by atoms with Crippen molar-refractivity contribution in [2.75, 3.05) is 0 Å². The molecular weight excluding hydrogens is 196 g/mol. The summed E-state index contributed by atoms with van der Waals surface area (Å²) in [5, 5.41) is 8.93. The second kappa shape index (κ2) is 3.55. The van der Waals surface area contributed by atoms with Gasteiger partial charge in [0.1, 0.15) is 5.54 Å². The van der Waals surface area contributed by atoms with E-state index in [2.05, 4.69) is 47.5 Å². The molecule has 0 N–H and O–H groups in total. The molecule has 1 fully saturated rings. The molecule has 0 radical (unpaired) electrons. The van der Waals surface area contributed by atoms with Crippen LogP contribution in [-0.2, 0) is 5.54 Å². The largest absolute Gasteiger partial charge is 0.173 e. The van der Waals surface area contributed by atoms with Crippen LogP contribution in [0.25, 0.3) is 0 Å². The van der Waals surface area contributed by atoms with Crippen molar-refractivity contribution in [3.63, 3.8) is 0 Å². The summed E-state index contributed by atoms with van der Waals surface area (Å²) in [5.74, 6) is 0. The molecule has 1 aliphatic heterocycles. The van der Waals surface area contributed by atoms with Gasteiger partial charge in [-0.2, -0.15) is 10.2 Å². The quantitative estimate of drug-likeness (QED) is 0.666. The van der Waals surface area contributed by atoms with E-state index < -0.39 is 0 Å². The molecule has 1 saturated carbocycles. The maximum absolute atomic E-state index is 4.59. The fourth-order valence-corrected chi connectivity index (χ4v) is 2.94.